The molecule has 4 aliphatic carbocycles. The van der Waals surface area contributed by atoms with E-state index in [4.69, 9.17) is 14.6 Å². The van der Waals surface area contributed by atoms with E-state index in [-0.39, 0.29) is 51.2 Å². The molecule has 12 atom stereocenters. The molecule has 0 unspecified atom stereocenters. The molecule has 10 heteroatoms. The summed E-state index contributed by atoms with van der Waals surface area (Å²) in [6, 6.07) is -0.242. The molecule has 2 N–H and O–H groups in total. The number of hydrogen-bond acceptors (Lipinski definition) is 7. The number of rotatable bonds is 10. The van der Waals surface area contributed by atoms with E-state index in [1.54, 1.807) is 19.0 Å². The fourth-order valence-electron chi connectivity index (χ4n) is 12.8. The third-order valence-electron chi connectivity index (χ3n) is 17.0. The van der Waals surface area contributed by atoms with E-state index in [0.717, 1.165) is 38.5 Å². The number of nitrogens with zero attached hydrogens (tertiary/aromatic N) is 4. The van der Waals surface area contributed by atoms with Gasteiger partial charge in [-0.2, -0.15) is 5.10 Å². The van der Waals surface area contributed by atoms with Crippen LogP contribution in [0.1, 0.15) is 124 Å². The van der Waals surface area contributed by atoms with Gasteiger partial charge in [-0.15, -0.1) is 0 Å². The highest BCUT2D eigenvalue weighted by atomic mass is 16.5. The molecule has 0 spiro atoms. The van der Waals surface area contributed by atoms with Gasteiger partial charge in [0.25, 0.3) is 5.91 Å². The summed E-state index contributed by atoms with van der Waals surface area (Å²) < 4.78 is 15.8. The molecule has 10 nitrogen and oxygen atoms in total. The Morgan fingerprint density at radius 3 is 2.38 bits per heavy atom. The number of amides is 1. The van der Waals surface area contributed by atoms with Crippen LogP contribution >= 0.6 is 0 Å². The SMILES string of the molecule is CN[C@@](C)(CO[C@H]1[C@H](n2ncnc2C(=O)N(C)C)C[C@@]23COC[C@]1(C)[C@@H]2CC[C@H]1C3=CC[C@@]2(C)[C@H](C(=O)O)[C@@](C)([C@H](C)C(C)C)CC[C@]12C)C(C)C. The lowest BCUT2D eigenvalue weighted by Gasteiger charge is -2.71. The van der Waals surface area contributed by atoms with Crippen molar-refractivity contribution in [2.45, 2.75) is 125 Å². The van der Waals surface area contributed by atoms with Crippen molar-refractivity contribution in [2.24, 2.45) is 62.6 Å². The summed E-state index contributed by atoms with van der Waals surface area (Å²) in [5.74, 6) is 0.672. The first-order valence-corrected chi connectivity index (χ1v) is 20.1. The third kappa shape index (κ3) is 5.41. The van der Waals surface area contributed by atoms with Gasteiger partial charge >= 0.3 is 5.97 Å². The van der Waals surface area contributed by atoms with E-state index >= 15 is 0 Å². The van der Waals surface area contributed by atoms with Crippen LogP contribution in [0.4, 0.5) is 0 Å². The van der Waals surface area contributed by atoms with Crippen LogP contribution < -0.4 is 5.32 Å². The minimum atomic E-state index is -0.641. The minimum Gasteiger partial charge on any atom is -0.481 e. The molecule has 1 aromatic heterocycles. The van der Waals surface area contributed by atoms with E-state index in [2.05, 4.69) is 85.6 Å². The molecule has 5 aliphatic rings. The Morgan fingerprint density at radius 2 is 1.79 bits per heavy atom. The van der Waals surface area contributed by atoms with Crippen molar-refractivity contribution in [3.63, 3.8) is 0 Å². The molecule has 1 aliphatic heterocycles. The first-order chi connectivity index (χ1) is 24.2. The van der Waals surface area contributed by atoms with E-state index < -0.39 is 17.3 Å². The lowest BCUT2D eigenvalue weighted by atomic mass is 9.34. The van der Waals surface area contributed by atoms with Crippen LogP contribution in [-0.2, 0) is 14.3 Å². The van der Waals surface area contributed by atoms with Crippen molar-refractivity contribution in [3.05, 3.63) is 23.8 Å². The Morgan fingerprint density at radius 1 is 1.10 bits per heavy atom. The van der Waals surface area contributed by atoms with Gasteiger partial charge in [0.15, 0.2) is 0 Å². The largest absolute Gasteiger partial charge is 0.481 e. The molecule has 2 bridgehead atoms. The number of aliphatic carboxylic acids is 1. The van der Waals surface area contributed by atoms with Crippen LogP contribution in [0.25, 0.3) is 0 Å². The van der Waals surface area contributed by atoms with Gasteiger partial charge in [0.05, 0.1) is 37.9 Å². The van der Waals surface area contributed by atoms with Crippen LogP contribution in [0.3, 0.4) is 0 Å². The molecule has 292 valence electrons. The summed E-state index contributed by atoms with van der Waals surface area (Å²) in [6.45, 7) is 24.5. The molecule has 1 saturated heterocycles. The topological polar surface area (TPSA) is 119 Å². The Labute approximate surface area is 313 Å². The highest BCUT2D eigenvalue weighted by Gasteiger charge is 2.72. The fraction of sp³-hybridized carbons (Fsp3) is 0.857. The van der Waals surface area contributed by atoms with Gasteiger partial charge in [-0.3, -0.25) is 9.59 Å². The molecule has 0 aromatic carbocycles. The first kappa shape index (κ1) is 39.4. The van der Waals surface area contributed by atoms with Gasteiger partial charge in [0, 0.05) is 30.5 Å². The number of nitrogens with one attached hydrogen (secondary N) is 1. The van der Waals surface area contributed by atoms with Gasteiger partial charge in [-0.05, 0) is 98.3 Å². The van der Waals surface area contributed by atoms with Crippen LogP contribution in [0.5, 0.6) is 0 Å². The second-order valence-electron chi connectivity index (χ2n) is 19.9. The summed E-state index contributed by atoms with van der Waals surface area (Å²) >= 11 is 0. The Kier molecular flexibility index (Phi) is 9.98. The molecule has 1 amide bonds. The number of fused-ring (bicyclic) bond motifs is 3. The van der Waals surface area contributed by atoms with Gasteiger partial charge in [0.2, 0.25) is 5.82 Å². The Bertz CT molecular complexity index is 1570. The van der Waals surface area contributed by atoms with E-state index in [1.807, 2.05) is 11.7 Å². The fourth-order valence-corrected chi connectivity index (χ4v) is 12.8. The first-order valence-electron chi connectivity index (χ1n) is 20.1. The molecule has 52 heavy (non-hydrogen) atoms. The zero-order chi connectivity index (χ0) is 38.4. The molecule has 6 rings (SSSR count). The average molecular weight is 724 g/mol. The average Bonchev–Trinajstić information content (AvgIpc) is 3.56. The van der Waals surface area contributed by atoms with Crippen LogP contribution in [0.15, 0.2) is 18.0 Å². The zero-order valence-corrected chi connectivity index (χ0v) is 34.5. The lowest BCUT2D eigenvalue weighted by Crippen LogP contribution is -2.69. The number of aromatic nitrogens is 3. The second-order valence-corrected chi connectivity index (χ2v) is 19.9. The minimum absolute atomic E-state index is 0.174. The monoisotopic (exact) mass is 724 g/mol. The van der Waals surface area contributed by atoms with E-state index in [9.17, 15) is 14.7 Å². The molecule has 3 saturated carbocycles. The van der Waals surface area contributed by atoms with Crippen LogP contribution in [0.2, 0.25) is 0 Å². The van der Waals surface area contributed by atoms with Crippen molar-refractivity contribution in [3.8, 4) is 0 Å². The Balaban J connectivity index is 1.48. The predicted octanol–water partition coefficient (Wildman–Crippen LogP) is 7.13. The summed E-state index contributed by atoms with van der Waals surface area (Å²) in [5.41, 5.74) is -0.292. The predicted molar refractivity (Wildman–Crippen MR) is 203 cm³/mol. The number of allylic oxidation sites excluding steroid dienone is 1. The molecule has 0 radical (unpaired) electrons. The van der Waals surface area contributed by atoms with E-state index in [0.29, 0.717) is 49.3 Å². The quantitative estimate of drug-likeness (QED) is 0.245. The van der Waals surface area contributed by atoms with Crippen molar-refractivity contribution < 1.29 is 24.2 Å². The molecule has 1 aromatic rings. The van der Waals surface area contributed by atoms with Gasteiger partial charge in [-0.1, -0.05) is 74.0 Å². The van der Waals surface area contributed by atoms with Gasteiger partial charge in [-0.25, -0.2) is 9.67 Å². The number of carbonyl (C=O) groups is 2. The standard InChI is InChI=1S/C42H69N5O5/c1-25(2)27(5)37(6)18-19-39(8)28-14-15-31-38(7)21-51-23-42(31,29(28)16-17-40(39,9)32(37)36(49)50)20-30(33(38)52-22-41(10,43-11)26(3)4)47-34(44-24-45-47)35(48)46(12)13/h16,24-28,30-33,43H,14-15,17-23H2,1-13H3,(H,49,50)/t27-,28+,30-,31+,32-,33+,37-,38-,39-,40+,41+,42+/m1/s1. The van der Waals surface area contributed by atoms with Crippen LogP contribution in [0, 0.1) is 62.6 Å². The third-order valence-corrected chi connectivity index (χ3v) is 17.0. The van der Waals surface area contributed by atoms with Crippen molar-refractivity contribution in [1.82, 2.24) is 25.0 Å². The maximum Gasteiger partial charge on any atom is 0.307 e. The van der Waals surface area contributed by atoms with Crippen molar-refractivity contribution >= 4 is 11.9 Å². The maximum absolute atomic E-state index is 13.6. The molecule has 4 fully saturated rings. The number of likely N-dealkylation sites (N-methyl/N-ethyl adjacent to an activating group) is 1. The number of carboxylic acid groups (broad SMARTS) is 1. The van der Waals surface area contributed by atoms with Gasteiger partial charge < -0.3 is 24.8 Å². The number of carbonyl (C=O) groups excluding carboxylic acids is 1. The van der Waals surface area contributed by atoms with E-state index in [1.165, 1.54) is 11.9 Å². The summed E-state index contributed by atoms with van der Waals surface area (Å²) in [7, 11) is 5.52. The summed E-state index contributed by atoms with van der Waals surface area (Å²) in [4.78, 5) is 33.2. The Hall–Kier alpha value is -2.30. The normalized spacial score (nSPS) is 41.7. The molecular weight excluding hydrogens is 654 g/mol. The molecule has 2 heterocycles. The van der Waals surface area contributed by atoms with Crippen molar-refractivity contribution in [1.29, 1.82) is 0 Å². The number of ether oxygens (including phenoxy) is 2. The number of carboxylic acids is 1. The maximum atomic E-state index is 13.6. The summed E-state index contributed by atoms with van der Waals surface area (Å²) in [6.07, 6.45) is 9.20. The highest BCUT2D eigenvalue weighted by molar-refractivity contribution is 5.90. The summed E-state index contributed by atoms with van der Waals surface area (Å²) in [5, 5.41) is 19.4. The highest BCUT2D eigenvalue weighted by Crippen LogP contribution is 2.75. The van der Waals surface area contributed by atoms with Crippen molar-refractivity contribution in [2.75, 3.05) is 41.0 Å². The lowest BCUT2D eigenvalue weighted by molar-refractivity contribution is -0.253. The molecular formula is C42H69N5O5. The van der Waals surface area contributed by atoms with Gasteiger partial charge in [0.1, 0.15) is 6.33 Å². The smallest absolute Gasteiger partial charge is 0.307 e. The van der Waals surface area contributed by atoms with Crippen LogP contribution in [-0.4, -0.2) is 89.3 Å². The number of hydrogen-bond donors (Lipinski definition) is 2. The zero-order valence-electron chi connectivity index (χ0n) is 34.5. The second kappa shape index (κ2) is 13.2.